The summed E-state index contributed by atoms with van der Waals surface area (Å²) in [6.07, 6.45) is 1.76. The van der Waals surface area contributed by atoms with Crippen LogP contribution in [0.5, 0.6) is 0 Å². The summed E-state index contributed by atoms with van der Waals surface area (Å²) in [5, 5.41) is 11.5. The highest BCUT2D eigenvalue weighted by molar-refractivity contribution is 5.95. The molecule has 2 aromatic carbocycles. The summed E-state index contributed by atoms with van der Waals surface area (Å²) in [6.45, 7) is 8.09. The van der Waals surface area contributed by atoms with Gasteiger partial charge in [0.1, 0.15) is 0 Å². The molecule has 1 N–H and O–H groups in total. The Balaban J connectivity index is 1.57. The monoisotopic (exact) mass is 401 g/mol. The summed E-state index contributed by atoms with van der Waals surface area (Å²) in [7, 11) is 0. The van der Waals surface area contributed by atoms with E-state index >= 15 is 0 Å². The quantitative estimate of drug-likeness (QED) is 0.544. The Hall–Kier alpha value is -3.74. The molecule has 1 amide bonds. The smallest absolute Gasteiger partial charge is 0.255 e. The molecule has 30 heavy (non-hydrogen) atoms. The zero-order chi connectivity index (χ0) is 21.3. The first-order valence-corrected chi connectivity index (χ1v) is 9.72. The van der Waals surface area contributed by atoms with Gasteiger partial charge in [-0.2, -0.15) is 10.1 Å². The van der Waals surface area contributed by atoms with Gasteiger partial charge in [-0.05, 0) is 38.0 Å². The van der Waals surface area contributed by atoms with Gasteiger partial charge in [-0.1, -0.05) is 47.1 Å². The first-order valence-electron chi connectivity index (χ1n) is 9.72. The van der Waals surface area contributed by atoms with E-state index in [1.807, 2.05) is 63.2 Å². The molecule has 0 aliphatic carbocycles. The number of carbonyl (C=O) groups excluding carboxylic acids is 1. The van der Waals surface area contributed by atoms with Crippen molar-refractivity contribution < 1.29 is 9.32 Å². The van der Waals surface area contributed by atoms with E-state index < -0.39 is 0 Å². The van der Waals surface area contributed by atoms with Crippen LogP contribution in [-0.4, -0.2) is 25.8 Å². The second-order valence-corrected chi connectivity index (χ2v) is 7.38. The molecule has 0 fully saturated rings. The molecule has 0 atom stereocenters. The molecule has 152 valence electrons. The molecule has 7 nitrogen and oxygen atoms in total. The molecular weight excluding hydrogens is 378 g/mol. The lowest BCUT2D eigenvalue weighted by atomic mass is 10.1. The molecule has 0 saturated heterocycles. The summed E-state index contributed by atoms with van der Waals surface area (Å²) in [5.74, 6) is 0.880. The number of hydrogen-bond donors (Lipinski definition) is 1. The molecule has 0 aliphatic rings. The average Bonchev–Trinajstić information content (AvgIpc) is 3.33. The topological polar surface area (TPSA) is 85.8 Å². The van der Waals surface area contributed by atoms with Crippen molar-refractivity contribution in [2.75, 3.05) is 0 Å². The number of aryl methyl sites for hydroxylation is 4. The van der Waals surface area contributed by atoms with Crippen molar-refractivity contribution in [1.29, 1.82) is 0 Å². The van der Waals surface area contributed by atoms with E-state index in [9.17, 15) is 4.79 Å². The van der Waals surface area contributed by atoms with Gasteiger partial charge in [0.15, 0.2) is 0 Å². The Labute approximate surface area is 174 Å². The normalized spacial score (nSPS) is 10.9. The first kappa shape index (κ1) is 19.6. The van der Waals surface area contributed by atoms with Crippen LogP contribution in [0, 0.1) is 27.7 Å². The molecule has 2 heterocycles. The summed E-state index contributed by atoms with van der Waals surface area (Å²) in [5.41, 5.74) is 6.15. The van der Waals surface area contributed by atoms with Crippen molar-refractivity contribution in [2.45, 2.75) is 34.2 Å². The number of nitrogens with zero attached hydrogens (tertiary/aromatic N) is 4. The lowest BCUT2D eigenvalue weighted by Crippen LogP contribution is -2.23. The van der Waals surface area contributed by atoms with E-state index in [0.29, 0.717) is 29.5 Å². The van der Waals surface area contributed by atoms with E-state index in [-0.39, 0.29) is 5.91 Å². The summed E-state index contributed by atoms with van der Waals surface area (Å²) in [4.78, 5) is 17.0. The molecule has 0 bridgehead atoms. The van der Waals surface area contributed by atoms with Gasteiger partial charge in [0.25, 0.3) is 5.91 Å². The minimum absolute atomic E-state index is 0.151. The maximum absolute atomic E-state index is 12.7. The highest BCUT2D eigenvalue weighted by Crippen LogP contribution is 2.23. The molecule has 4 aromatic rings. The van der Waals surface area contributed by atoms with Crippen LogP contribution in [0.2, 0.25) is 0 Å². The van der Waals surface area contributed by atoms with Crippen LogP contribution >= 0.6 is 0 Å². The standard InChI is InChI=1S/C23H23N5O2/c1-14-5-8-18(9-6-14)12-24-23(29)20-13-28(26-16(20)3)21-11-19(10-7-15(21)2)22-25-17(4)30-27-22/h5-11,13H,12H2,1-4H3,(H,24,29). The number of benzene rings is 2. The lowest BCUT2D eigenvalue weighted by Gasteiger charge is -2.07. The molecule has 4 rings (SSSR count). The number of nitrogens with one attached hydrogen (secondary N) is 1. The van der Waals surface area contributed by atoms with Crippen LogP contribution < -0.4 is 5.32 Å². The fourth-order valence-corrected chi connectivity index (χ4v) is 3.20. The van der Waals surface area contributed by atoms with Crippen molar-refractivity contribution in [3.63, 3.8) is 0 Å². The second-order valence-electron chi connectivity index (χ2n) is 7.38. The molecule has 2 aromatic heterocycles. The van der Waals surface area contributed by atoms with Gasteiger partial charge in [-0.15, -0.1) is 0 Å². The van der Waals surface area contributed by atoms with Crippen LogP contribution in [0.4, 0.5) is 0 Å². The zero-order valence-electron chi connectivity index (χ0n) is 17.4. The summed E-state index contributed by atoms with van der Waals surface area (Å²) < 4.78 is 6.81. The third kappa shape index (κ3) is 4.00. The Bertz CT molecular complexity index is 1200. The first-order chi connectivity index (χ1) is 14.4. The third-order valence-electron chi connectivity index (χ3n) is 4.96. The third-order valence-corrected chi connectivity index (χ3v) is 4.96. The fraction of sp³-hybridized carbons (Fsp3) is 0.217. The van der Waals surface area contributed by atoms with Crippen LogP contribution in [-0.2, 0) is 6.54 Å². The molecule has 0 saturated carbocycles. The fourth-order valence-electron chi connectivity index (χ4n) is 3.20. The molecule has 0 radical (unpaired) electrons. The number of hydrogen-bond acceptors (Lipinski definition) is 5. The van der Waals surface area contributed by atoms with E-state index in [4.69, 9.17) is 4.52 Å². The zero-order valence-corrected chi connectivity index (χ0v) is 17.4. The number of aromatic nitrogens is 4. The Morgan fingerprint density at radius 1 is 1.07 bits per heavy atom. The number of carbonyl (C=O) groups is 1. The van der Waals surface area contributed by atoms with Gasteiger partial charge < -0.3 is 9.84 Å². The Kier molecular flexibility index (Phi) is 5.18. The predicted octanol–water partition coefficient (Wildman–Crippen LogP) is 4.09. The van der Waals surface area contributed by atoms with Gasteiger partial charge in [-0.25, -0.2) is 4.68 Å². The van der Waals surface area contributed by atoms with Crippen molar-refractivity contribution in [1.82, 2.24) is 25.2 Å². The largest absolute Gasteiger partial charge is 0.348 e. The van der Waals surface area contributed by atoms with Gasteiger partial charge in [-0.3, -0.25) is 4.79 Å². The minimum atomic E-state index is -0.151. The molecule has 0 spiro atoms. The highest BCUT2D eigenvalue weighted by Gasteiger charge is 2.16. The summed E-state index contributed by atoms with van der Waals surface area (Å²) >= 11 is 0. The van der Waals surface area contributed by atoms with E-state index in [1.165, 1.54) is 5.56 Å². The van der Waals surface area contributed by atoms with Crippen LogP contribution in [0.1, 0.15) is 38.6 Å². The van der Waals surface area contributed by atoms with Crippen molar-refractivity contribution >= 4 is 5.91 Å². The second kappa shape index (κ2) is 7.94. The van der Waals surface area contributed by atoms with Gasteiger partial charge >= 0.3 is 0 Å². The van der Waals surface area contributed by atoms with E-state index in [2.05, 4.69) is 20.6 Å². The lowest BCUT2D eigenvalue weighted by molar-refractivity contribution is 0.0950. The van der Waals surface area contributed by atoms with Gasteiger partial charge in [0.2, 0.25) is 11.7 Å². The van der Waals surface area contributed by atoms with Crippen LogP contribution in [0.3, 0.4) is 0 Å². The van der Waals surface area contributed by atoms with Gasteiger partial charge in [0.05, 0.1) is 16.9 Å². The number of rotatable bonds is 5. The summed E-state index contributed by atoms with van der Waals surface area (Å²) in [6, 6.07) is 14.0. The predicted molar refractivity (Wildman–Crippen MR) is 113 cm³/mol. The minimum Gasteiger partial charge on any atom is -0.348 e. The Morgan fingerprint density at radius 2 is 1.83 bits per heavy atom. The molecule has 7 heteroatoms. The Morgan fingerprint density at radius 3 is 2.53 bits per heavy atom. The average molecular weight is 401 g/mol. The number of amides is 1. The SMILES string of the molecule is Cc1ccc(CNC(=O)c2cn(-c3cc(-c4noc(C)n4)ccc3C)nc2C)cc1. The van der Waals surface area contributed by atoms with Crippen LogP contribution in [0.15, 0.2) is 53.2 Å². The molecule has 0 aliphatic heterocycles. The van der Waals surface area contributed by atoms with Crippen molar-refractivity contribution in [2.24, 2.45) is 0 Å². The van der Waals surface area contributed by atoms with Crippen molar-refractivity contribution in [3.8, 4) is 17.1 Å². The van der Waals surface area contributed by atoms with E-state index in [0.717, 1.165) is 22.4 Å². The molecular formula is C23H23N5O2. The molecule has 0 unspecified atom stereocenters. The highest BCUT2D eigenvalue weighted by atomic mass is 16.5. The van der Waals surface area contributed by atoms with E-state index in [1.54, 1.807) is 17.8 Å². The van der Waals surface area contributed by atoms with Crippen molar-refractivity contribution in [3.05, 3.63) is 82.5 Å². The maximum atomic E-state index is 12.7. The van der Waals surface area contributed by atoms with Crippen LogP contribution in [0.25, 0.3) is 17.1 Å². The van der Waals surface area contributed by atoms with Gasteiger partial charge in [0, 0.05) is 25.2 Å². The maximum Gasteiger partial charge on any atom is 0.255 e.